The maximum atomic E-state index is 12.8. The fourth-order valence-corrected chi connectivity index (χ4v) is 2.98. The predicted octanol–water partition coefficient (Wildman–Crippen LogP) is 2.82. The van der Waals surface area contributed by atoms with Crippen molar-refractivity contribution >= 4 is 23.5 Å². The molecule has 0 radical (unpaired) electrons. The Labute approximate surface area is 159 Å². The largest absolute Gasteiger partial charge is 0.468 e. The molecular weight excluding hydrogens is 358 g/mol. The summed E-state index contributed by atoms with van der Waals surface area (Å²) in [6, 6.07) is 7.22. The molecule has 1 amide bonds. The van der Waals surface area contributed by atoms with Gasteiger partial charge in [0.15, 0.2) is 0 Å². The van der Waals surface area contributed by atoms with Gasteiger partial charge in [0, 0.05) is 18.2 Å². The van der Waals surface area contributed by atoms with Gasteiger partial charge in [-0.15, -0.1) is 0 Å². The van der Waals surface area contributed by atoms with Gasteiger partial charge in [0.25, 0.3) is 5.91 Å². The van der Waals surface area contributed by atoms with E-state index in [0.29, 0.717) is 11.6 Å². The Morgan fingerprint density at radius 2 is 2.12 bits per heavy atom. The van der Waals surface area contributed by atoms with E-state index < -0.39 is 12.1 Å². The molecular formula is C19H26ClNO5. The fraction of sp³-hybridized carbons (Fsp3) is 0.579. The molecule has 1 aliphatic heterocycles. The highest BCUT2D eigenvalue weighted by atomic mass is 35.5. The van der Waals surface area contributed by atoms with Crippen molar-refractivity contribution in [3.05, 3.63) is 34.9 Å². The molecule has 0 N–H and O–H groups in total. The molecule has 1 aromatic rings. The number of nitrogens with zero attached hydrogens (tertiary/aromatic N) is 1. The van der Waals surface area contributed by atoms with Crippen molar-refractivity contribution in [3.8, 4) is 0 Å². The molecule has 0 saturated carbocycles. The van der Waals surface area contributed by atoms with Gasteiger partial charge in [0.1, 0.15) is 12.6 Å². The second-order valence-corrected chi connectivity index (χ2v) is 6.73. The van der Waals surface area contributed by atoms with E-state index in [0.717, 1.165) is 31.4 Å². The first-order valence-electron chi connectivity index (χ1n) is 8.83. The minimum atomic E-state index is -0.687. The second kappa shape index (κ2) is 10.5. The van der Waals surface area contributed by atoms with Crippen LogP contribution in [0.25, 0.3) is 0 Å². The summed E-state index contributed by atoms with van der Waals surface area (Å²) < 4.78 is 16.0. The summed E-state index contributed by atoms with van der Waals surface area (Å²) in [6.45, 7) is 2.83. The Morgan fingerprint density at radius 1 is 1.35 bits per heavy atom. The molecule has 1 saturated heterocycles. The molecule has 1 aliphatic rings. The molecule has 1 aromatic carbocycles. The van der Waals surface area contributed by atoms with E-state index in [1.165, 1.54) is 12.0 Å². The van der Waals surface area contributed by atoms with Gasteiger partial charge in [-0.3, -0.25) is 9.59 Å². The van der Waals surface area contributed by atoms with Crippen LogP contribution in [0.1, 0.15) is 31.7 Å². The van der Waals surface area contributed by atoms with Gasteiger partial charge in [0.2, 0.25) is 0 Å². The summed E-state index contributed by atoms with van der Waals surface area (Å²) in [4.78, 5) is 25.9. The topological polar surface area (TPSA) is 65.1 Å². The number of ether oxygens (including phenoxy) is 3. The summed E-state index contributed by atoms with van der Waals surface area (Å²) in [7, 11) is 1.29. The first kappa shape index (κ1) is 20.7. The van der Waals surface area contributed by atoms with Crippen molar-refractivity contribution in [1.29, 1.82) is 0 Å². The van der Waals surface area contributed by atoms with E-state index in [4.69, 9.17) is 25.8 Å². The number of carbonyl (C=O) groups excluding carboxylic acids is 2. The molecule has 2 rings (SSSR count). The van der Waals surface area contributed by atoms with E-state index in [1.807, 2.05) is 18.2 Å². The average molecular weight is 384 g/mol. The van der Waals surface area contributed by atoms with Crippen molar-refractivity contribution in [2.24, 2.45) is 0 Å². The lowest BCUT2D eigenvalue weighted by Crippen LogP contribution is -2.42. The van der Waals surface area contributed by atoms with Crippen LogP contribution in [0.2, 0.25) is 5.02 Å². The van der Waals surface area contributed by atoms with Crippen molar-refractivity contribution in [2.75, 3.05) is 26.9 Å². The smallest absolute Gasteiger partial charge is 0.325 e. The van der Waals surface area contributed by atoms with Crippen LogP contribution >= 0.6 is 11.6 Å². The second-order valence-electron chi connectivity index (χ2n) is 6.33. The normalized spacial score (nSPS) is 18.2. The molecule has 6 nitrogen and oxygen atoms in total. The lowest BCUT2D eigenvalue weighted by molar-refractivity contribution is -0.154. The highest BCUT2D eigenvalue weighted by Crippen LogP contribution is 2.18. The zero-order chi connectivity index (χ0) is 18.9. The fourth-order valence-electron chi connectivity index (χ4n) is 2.78. The van der Waals surface area contributed by atoms with Gasteiger partial charge in [-0.05, 0) is 37.8 Å². The minimum absolute atomic E-state index is 0.0247. The number of rotatable bonds is 8. The van der Waals surface area contributed by atoms with E-state index in [2.05, 4.69) is 0 Å². The quantitative estimate of drug-likeness (QED) is 0.646. The Morgan fingerprint density at radius 3 is 2.77 bits per heavy atom. The van der Waals surface area contributed by atoms with Gasteiger partial charge < -0.3 is 19.1 Å². The van der Waals surface area contributed by atoms with Crippen LogP contribution in [0.15, 0.2) is 24.3 Å². The molecule has 2 atom stereocenters. The summed E-state index contributed by atoms with van der Waals surface area (Å²) in [5.41, 5.74) is 0.759. The number of carbonyl (C=O) groups is 2. The van der Waals surface area contributed by atoms with Crippen molar-refractivity contribution < 1.29 is 23.8 Å². The van der Waals surface area contributed by atoms with Crippen LogP contribution in [-0.2, 0) is 30.3 Å². The van der Waals surface area contributed by atoms with Crippen molar-refractivity contribution in [1.82, 2.24) is 4.90 Å². The number of methoxy groups -OCH3 is 1. The summed E-state index contributed by atoms with van der Waals surface area (Å²) in [5, 5.41) is 0.541. The van der Waals surface area contributed by atoms with Crippen LogP contribution in [0.4, 0.5) is 0 Å². The Bertz CT molecular complexity index is 603. The number of halogens is 1. The molecule has 0 spiro atoms. The monoisotopic (exact) mass is 383 g/mol. The van der Waals surface area contributed by atoms with Crippen LogP contribution in [0, 0.1) is 0 Å². The summed E-state index contributed by atoms with van der Waals surface area (Å²) >= 11 is 6.18. The third kappa shape index (κ3) is 6.27. The zero-order valence-electron chi connectivity index (χ0n) is 15.3. The molecule has 0 bridgehead atoms. The van der Waals surface area contributed by atoms with E-state index in [1.54, 1.807) is 13.0 Å². The van der Waals surface area contributed by atoms with E-state index in [-0.39, 0.29) is 25.1 Å². The molecule has 26 heavy (non-hydrogen) atoms. The van der Waals surface area contributed by atoms with Gasteiger partial charge in [0.05, 0.1) is 19.8 Å². The third-order valence-corrected chi connectivity index (χ3v) is 4.70. The maximum Gasteiger partial charge on any atom is 0.325 e. The standard InChI is InChI=1S/C19H26ClNO5/c1-14(26-13-16-8-5-6-10-25-16)19(23)21(12-18(22)24-2)11-15-7-3-4-9-17(15)20/h3-4,7,9,14,16H,5-6,8,10-13H2,1-2H3. The summed E-state index contributed by atoms with van der Waals surface area (Å²) in [6.07, 6.45) is 2.45. The van der Waals surface area contributed by atoms with Crippen molar-refractivity contribution in [3.63, 3.8) is 0 Å². The molecule has 7 heteroatoms. The summed E-state index contributed by atoms with van der Waals surface area (Å²) in [5.74, 6) is -0.778. The zero-order valence-corrected chi connectivity index (χ0v) is 16.0. The first-order chi connectivity index (χ1) is 12.5. The first-order valence-corrected chi connectivity index (χ1v) is 9.21. The number of esters is 1. The Balaban J connectivity index is 1.99. The lowest BCUT2D eigenvalue weighted by atomic mass is 10.1. The number of hydrogen-bond donors (Lipinski definition) is 0. The lowest BCUT2D eigenvalue weighted by Gasteiger charge is -2.27. The van der Waals surface area contributed by atoms with Crippen LogP contribution < -0.4 is 0 Å². The van der Waals surface area contributed by atoms with E-state index in [9.17, 15) is 9.59 Å². The van der Waals surface area contributed by atoms with E-state index >= 15 is 0 Å². The van der Waals surface area contributed by atoms with Crippen LogP contribution in [0.5, 0.6) is 0 Å². The molecule has 0 aliphatic carbocycles. The van der Waals surface area contributed by atoms with Gasteiger partial charge in [-0.2, -0.15) is 0 Å². The highest BCUT2D eigenvalue weighted by molar-refractivity contribution is 6.31. The molecule has 144 valence electrons. The number of hydrogen-bond acceptors (Lipinski definition) is 5. The van der Waals surface area contributed by atoms with Gasteiger partial charge in [-0.1, -0.05) is 29.8 Å². The predicted molar refractivity (Wildman–Crippen MR) is 97.9 cm³/mol. The Kier molecular flexibility index (Phi) is 8.35. The van der Waals surface area contributed by atoms with Gasteiger partial charge in [-0.25, -0.2) is 0 Å². The van der Waals surface area contributed by atoms with Crippen molar-refractivity contribution in [2.45, 2.75) is 44.9 Å². The molecule has 1 fully saturated rings. The minimum Gasteiger partial charge on any atom is -0.468 e. The maximum absolute atomic E-state index is 12.8. The number of benzene rings is 1. The van der Waals surface area contributed by atoms with Crippen LogP contribution in [-0.4, -0.2) is 55.9 Å². The molecule has 0 aromatic heterocycles. The third-order valence-electron chi connectivity index (χ3n) is 4.33. The Hall–Kier alpha value is -1.63. The van der Waals surface area contributed by atoms with Gasteiger partial charge >= 0.3 is 5.97 Å². The highest BCUT2D eigenvalue weighted by Gasteiger charge is 2.26. The molecule has 1 heterocycles. The SMILES string of the molecule is COC(=O)CN(Cc1ccccc1Cl)C(=O)C(C)OCC1CCCCO1. The van der Waals surface area contributed by atoms with Crippen LogP contribution in [0.3, 0.4) is 0 Å². The number of amides is 1. The average Bonchev–Trinajstić information content (AvgIpc) is 2.67. The molecule has 2 unspecified atom stereocenters.